The van der Waals surface area contributed by atoms with E-state index < -0.39 is 34.1 Å². The number of carbonyl (C=O) groups excluding carboxylic acids is 2. The highest BCUT2D eigenvalue weighted by molar-refractivity contribution is 7.92. The van der Waals surface area contributed by atoms with Crippen molar-refractivity contribution in [2.24, 2.45) is 0 Å². The lowest BCUT2D eigenvalue weighted by Gasteiger charge is -2.35. The normalized spacial score (nSPS) is 12.3. The summed E-state index contributed by atoms with van der Waals surface area (Å²) in [7, 11) is -4.29. The molecule has 0 heterocycles. The second kappa shape index (κ2) is 14.5. The molecule has 0 aliphatic carbocycles. The fourth-order valence-corrected chi connectivity index (χ4v) is 6.83. The first kappa shape index (κ1) is 34.0. The van der Waals surface area contributed by atoms with Gasteiger partial charge in [0.05, 0.1) is 20.6 Å². The quantitative estimate of drug-likeness (QED) is 0.186. The minimum absolute atomic E-state index is 0.0111. The molecule has 0 fully saturated rings. The monoisotopic (exact) mass is 665 g/mol. The van der Waals surface area contributed by atoms with Crippen molar-refractivity contribution >= 4 is 50.7 Å². The SMILES string of the molecule is Cc1cccc(CN(C(=O)CN(c2cccc(Cl)c2Cl)S(=O)(=O)c2ccccc2)[C@H](Cc2ccccc2)C(=O)NC(C)(C)C)c1. The van der Waals surface area contributed by atoms with Crippen molar-refractivity contribution in [1.29, 1.82) is 0 Å². The molecule has 0 saturated heterocycles. The average Bonchev–Trinajstić information content (AvgIpc) is 2.99. The molecule has 0 aromatic heterocycles. The Morgan fingerprint density at radius 3 is 2.04 bits per heavy atom. The summed E-state index contributed by atoms with van der Waals surface area (Å²) < 4.78 is 29.2. The lowest BCUT2D eigenvalue weighted by atomic mass is 10.0. The van der Waals surface area contributed by atoms with Crippen molar-refractivity contribution in [3.8, 4) is 0 Å². The van der Waals surface area contributed by atoms with Crippen LogP contribution in [-0.4, -0.2) is 43.3 Å². The summed E-state index contributed by atoms with van der Waals surface area (Å²) in [5.74, 6) is -0.942. The Balaban J connectivity index is 1.84. The molecule has 4 aromatic carbocycles. The largest absolute Gasteiger partial charge is 0.350 e. The summed E-state index contributed by atoms with van der Waals surface area (Å²) in [4.78, 5) is 30.0. The first-order chi connectivity index (χ1) is 21.3. The number of hydrogen-bond donors (Lipinski definition) is 1. The Hall–Kier alpha value is -3.85. The number of hydrogen-bond acceptors (Lipinski definition) is 4. The van der Waals surface area contributed by atoms with Crippen LogP contribution in [0.1, 0.15) is 37.5 Å². The van der Waals surface area contributed by atoms with E-state index >= 15 is 0 Å². The van der Waals surface area contributed by atoms with E-state index in [9.17, 15) is 18.0 Å². The molecule has 236 valence electrons. The summed E-state index contributed by atoms with van der Waals surface area (Å²) in [5, 5.41) is 3.15. The van der Waals surface area contributed by atoms with Gasteiger partial charge in [-0.15, -0.1) is 0 Å². The fraction of sp³-hybridized carbons (Fsp3) is 0.257. The van der Waals surface area contributed by atoms with Gasteiger partial charge in [-0.05, 0) is 63.1 Å². The van der Waals surface area contributed by atoms with Crippen molar-refractivity contribution < 1.29 is 18.0 Å². The van der Waals surface area contributed by atoms with Gasteiger partial charge in [0.15, 0.2) is 0 Å². The predicted octanol–water partition coefficient (Wildman–Crippen LogP) is 7.05. The molecule has 4 rings (SSSR count). The van der Waals surface area contributed by atoms with Gasteiger partial charge in [-0.3, -0.25) is 13.9 Å². The van der Waals surface area contributed by atoms with Crippen LogP contribution in [0.3, 0.4) is 0 Å². The van der Waals surface area contributed by atoms with Crippen LogP contribution in [0.4, 0.5) is 5.69 Å². The zero-order chi connectivity index (χ0) is 32.8. The Bertz CT molecular complexity index is 1740. The van der Waals surface area contributed by atoms with E-state index in [0.717, 1.165) is 21.0 Å². The number of rotatable bonds is 11. The zero-order valence-corrected chi connectivity index (χ0v) is 28.0. The van der Waals surface area contributed by atoms with E-state index in [2.05, 4.69) is 5.32 Å². The zero-order valence-electron chi connectivity index (χ0n) is 25.7. The number of sulfonamides is 1. The van der Waals surface area contributed by atoms with Crippen molar-refractivity contribution in [3.63, 3.8) is 0 Å². The number of aryl methyl sites for hydroxylation is 1. The van der Waals surface area contributed by atoms with Crippen molar-refractivity contribution in [2.45, 2.75) is 57.1 Å². The molecular weight excluding hydrogens is 629 g/mol. The number of nitrogens with one attached hydrogen (secondary N) is 1. The third kappa shape index (κ3) is 8.87. The second-order valence-electron chi connectivity index (χ2n) is 11.9. The number of carbonyl (C=O) groups is 2. The third-order valence-corrected chi connectivity index (χ3v) is 9.60. The van der Waals surface area contributed by atoms with E-state index in [1.54, 1.807) is 30.3 Å². The molecule has 4 aromatic rings. The van der Waals surface area contributed by atoms with Gasteiger partial charge >= 0.3 is 0 Å². The Kier molecular flexibility index (Phi) is 11.0. The Labute approximate surface area is 275 Å². The minimum atomic E-state index is -4.29. The molecular formula is C35H37Cl2N3O4S. The fourth-order valence-electron chi connectivity index (χ4n) is 4.93. The van der Waals surface area contributed by atoms with E-state index in [1.807, 2.05) is 82.3 Å². The highest BCUT2D eigenvalue weighted by Crippen LogP contribution is 2.35. The molecule has 0 saturated carbocycles. The molecule has 0 unspecified atom stereocenters. The number of nitrogens with zero attached hydrogens (tertiary/aromatic N) is 2. The molecule has 0 bridgehead atoms. The second-order valence-corrected chi connectivity index (χ2v) is 14.5. The van der Waals surface area contributed by atoms with Crippen LogP contribution in [-0.2, 0) is 32.6 Å². The van der Waals surface area contributed by atoms with E-state index in [-0.39, 0.29) is 39.5 Å². The topological polar surface area (TPSA) is 86.8 Å². The van der Waals surface area contributed by atoms with Crippen molar-refractivity contribution in [3.05, 3.63) is 130 Å². The lowest BCUT2D eigenvalue weighted by molar-refractivity contribution is -0.140. The molecule has 10 heteroatoms. The highest BCUT2D eigenvalue weighted by atomic mass is 35.5. The first-order valence-corrected chi connectivity index (χ1v) is 16.7. The van der Waals surface area contributed by atoms with Gasteiger partial charge in [0.1, 0.15) is 12.6 Å². The molecule has 7 nitrogen and oxygen atoms in total. The minimum Gasteiger partial charge on any atom is -0.350 e. The van der Waals surface area contributed by atoms with Gasteiger partial charge in [-0.25, -0.2) is 8.42 Å². The van der Waals surface area contributed by atoms with Gasteiger partial charge in [0, 0.05) is 18.5 Å². The van der Waals surface area contributed by atoms with Crippen molar-refractivity contribution in [2.75, 3.05) is 10.8 Å². The third-order valence-electron chi connectivity index (χ3n) is 7.01. The summed E-state index contributed by atoms with van der Waals surface area (Å²) in [6, 6.07) is 28.5. The van der Waals surface area contributed by atoms with Crippen LogP contribution in [0.5, 0.6) is 0 Å². The summed E-state index contributed by atoms with van der Waals surface area (Å²) in [6.07, 6.45) is 0.212. The average molecular weight is 667 g/mol. The number of anilines is 1. The van der Waals surface area contributed by atoms with Crippen LogP contribution < -0.4 is 9.62 Å². The Morgan fingerprint density at radius 2 is 1.42 bits per heavy atom. The van der Waals surface area contributed by atoms with Gasteiger partial charge in [-0.2, -0.15) is 0 Å². The van der Waals surface area contributed by atoms with Gasteiger partial charge in [0.2, 0.25) is 11.8 Å². The van der Waals surface area contributed by atoms with Gasteiger partial charge in [-0.1, -0.05) is 108 Å². The van der Waals surface area contributed by atoms with Crippen LogP contribution in [0.15, 0.2) is 108 Å². The van der Waals surface area contributed by atoms with Crippen LogP contribution in [0.2, 0.25) is 10.0 Å². The van der Waals surface area contributed by atoms with Crippen LogP contribution >= 0.6 is 23.2 Å². The van der Waals surface area contributed by atoms with E-state index in [4.69, 9.17) is 23.2 Å². The summed E-state index contributed by atoms with van der Waals surface area (Å²) in [5.41, 5.74) is 2.10. The molecule has 0 aliphatic rings. The van der Waals surface area contributed by atoms with Crippen molar-refractivity contribution in [1.82, 2.24) is 10.2 Å². The van der Waals surface area contributed by atoms with E-state index in [1.165, 1.54) is 23.1 Å². The molecule has 2 amide bonds. The number of benzene rings is 4. The molecule has 1 N–H and O–H groups in total. The number of amides is 2. The van der Waals surface area contributed by atoms with Gasteiger partial charge < -0.3 is 10.2 Å². The summed E-state index contributed by atoms with van der Waals surface area (Å²) >= 11 is 12.9. The first-order valence-electron chi connectivity index (χ1n) is 14.5. The molecule has 0 aliphatic heterocycles. The number of halogens is 2. The maximum absolute atomic E-state index is 14.6. The molecule has 0 radical (unpaired) electrons. The molecule has 45 heavy (non-hydrogen) atoms. The predicted molar refractivity (Wildman–Crippen MR) is 181 cm³/mol. The maximum atomic E-state index is 14.6. The van der Waals surface area contributed by atoms with Crippen LogP contribution in [0.25, 0.3) is 0 Å². The lowest BCUT2D eigenvalue weighted by Crippen LogP contribution is -2.56. The molecule has 0 spiro atoms. The van der Waals surface area contributed by atoms with Crippen LogP contribution in [0, 0.1) is 6.92 Å². The molecule has 1 atom stereocenters. The standard InChI is InChI=1S/C35H37Cl2N3O4S/c1-25-13-11-16-27(21-25)23-39(31(34(42)38-35(2,3)4)22-26-14-7-5-8-15-26)32(41)24-40(30-20-12-19-29(36)33(30)37)45(43,44)28-17-9-6-10-18-28/h5-21,31H,22-24H2,1-4H3,(H,38,42)/t31-/m1/s1. The van der Waals surface area contributed by atoms with E-state index in [0.29, 0.717) is 0 Å². The Morgan fingerprint density at radius 1 is 0.822 bits per heavy atom. The maximum Gasteiger partial charge on any atom is 0.264 e. The smallest absolute Gasteiger partial charge is 0.264 e. The highest BCUT2D eigenvalue weighted by Gasteiger charge is 2.36. The summed E-state index contributed by atoms with van der Waals surface area (Å²) in [6.45, 7) is 6.99. The van der Waals surface area contributed by atoms with Gasteiger partial charge in [0.25, 0.3) is 10.0 Å².